The lowest BCUT2D eigenvalue weighted by Gasteiger charge is -2.15. The van der Waals surface area contributed by atoms with Crippen LogP contribution in [-0.2, 0) is 12.4 Å². The van der Waals surface area contributed by atoms with Crippen molar-refractivity contribution in [3.8, 4) is 44.8 Å². The van der Waals surface area contributed by atoms with Crippen molar-refractivity contribution < 1.29 is 30.8 Å². The summed E-state index contributed by atoms with van der Waals surface area (Å²) in [6.45, 7) is 0. The summed E-state index contributed by atoms with van der Waals surface area (Å²) in [7, 11) is 0. The first-order valence-electron chi connectivity index (χ1n) is 13.9. The van der Waals surface area contributed by atoms with Gasteiger partial charge >= 0.3 is 12.4 Å². The second-order valence-corrected chi connectivity index (χ2v) is 10.6. The smallest absolute Gasteiger partial charge is 0.416 e. The van der Waals surface area contributed by atoms with Crippen LogP contribution in [0.4, 0.5) is 26.3 Å². The monoisotopic (exact) mass is 609 g/mol. The molecule has 7 rings (SSSR count). The van der Waals surface area contributed by atoms with Gasteiger partial charge in [-0.25, -0.2) is 4.98 Å². The first kappa shape index (κ1) is 28.4. The second kappa shape index (κ2) is 10.7. The first-order valence-corrected chi connectivity index (χ1v) is 13.9. The van der Waals surface area contributed by atoms with Gasteiger partial charge in [-0.2, -0.15) is 26.3 Å². The molecule has 222 valence electrons. The molecule has 0 unspecified atom stereocenters. The van der Waals surface area contributed by atoms with Gasteiger partial charge < -0.3 is 4.42 Å². The summed E-state index contributed by atoms with van der Waals surface area (Å²) in [5.74, 6) is 0.524. The van der Waals surface area contributed by atoms with Crippen molar-refractivity contribution in [2.75, 3.05) is 0 Å². The fraction of sp³-hybridized carbons (Fsp3) is 0.0541. The molecule has 0 aliphatic carbocycles. The quantitative estimate of drug-likeness (QED) is 0.186. The topological polar surface area (TPSA) is 26.0 Å². The molecule has 0 spiro atoms. The highest BCUT2D eigenvalue weighted by Crippen LogP contribution is 2.40. The van der Waals surface area contributed by atoms with E-state index in [1.54, 1.807) is 12.1 Å². The van der Waals surface area contributed by atoms with Gasteiger partial charge in [-0.1, -0.05) is 84.9 Å². The summed E-state index contributed by atoms with van der Waals surface area (Å²) >= 11 is 0. The van der Waals surface area contributed by atoms with Crippen molar-refractivity contribution in [3.63, 3.8) is 0 Å². The molecule has 6 aromatic carbocycles. The molecule has 0 aliphatic rings. The Morgan fingerprint density at radius 3 is 1.64 bits per heavy atom. The molecule has 0 amide bonds. The Morgan fingerprint density at radius 1 is 0.444 bits per heavy atom. The van der Waals surface area contributed by atoms with E-state index in [2.05, 4.69) is 4.98 Å². The van der Waals surface area contributed by atoms with Gasteiger partial charge in [0.05, 0.1) is 11.1 Å². The molecular formula is C37H21F6NO. The Hall–Kier alpha value is -5.37. The summed E-state index contributed by atoms with van der Waals surface area (Å²) in [6.07, 6.45) is -9.83. The zero-order valence-corrected chi connectivity index (χ0v) is 23.2. The number of para-hydroxylation sites is 2. The van der Waals surface area contributed by atoms with E-state index in [1.807, 2.05) is 84.9 Å². The predicted octanol–water partition coefficient (Wildman–Crippen LogP) is 11.7. The van der Waals surface area contributed by atoms with Crippen LogP contribution in [0.1, 0.15) is 11.1 Å². The molecule has 0 fully saturated rings. The summed E-state index contributed by atoms with van der Waals surface area (Å²) < 4.78 is 86.4. The number of hydrogen-bond donors (Lipinski definition) is 0. The number of benzene rings is 6. The molecule has 2 nitrogen and oxygen atoms in total. The number of aromatic nitrogens is 1. The van der Waals surface area contributed by atoms with Gasteiger partial charge in [0.2, 0.25) is 5.89 Å². The average Bonchev–Trinajstić information content (AvgIpc) is 3.48. The van der Waals surface area contributed by atoms with Crippen molar-refractivity contribution >= 4 is 21.9 Å². The molecule has 7 aromatic rings. The van der Waals surface area contributed by atoms with Gasteiger partial charge in [0.25, 0.3) is 0 Å². The molecule has 8 heteroatoms. The Bertz CT molecular complexity index is 2130. The highest BCUT2D eigenvalue weighted by atomic mass is 19.4. The molecule has 0 N–H and O–H groups in total. The van der Waals surface area contributed by atoms with Crippen molar-refractivity contribution in [1.82, 2.24) is 4.98 Å². The number of halogens is 6. The van der Waals surface area contributed by atoms with Crippen LogP contribution in [0.3, 0.4) is 0 Å². The minimum absolute atomic E-state index is 0.132. The van der Waals surface area contributed by atoms with Crippen LogP contribution < -0.4 is 0 Å². The number of oxazole rings is 1. The lowest BCUT2D eigenvalue weighted by Crippen LogP contribution is -2.11. The van der Waals surface area contributed by atoms with Crippen molar-refractivity contribution in [2.24, 2.45) is 0 Å². The van der Waals surface area contributed by atoms with Crippen LogP contribution >= 0.6 is 0 Å². The first-order chi connectivity index (χ1) is 21.5. The van der Waals surface area contributed by atoms with Crippen LogP contribution in [0.15, 0.2) is 132 Å². The summed E-state index contributed by atoms with van der Waals surface area (Å²) in [5, 5.41) is 1.96. The molecular weight excluding hydrogens is 588 g/mol. The molecule has 0 saturated carbocycles. The molecule has 1 aromatic heterocycles. The zero-order chi connectivity index (χ0) is 31.3. The standard InChI is InChI=1S/C37H21F6NO/c38-36(39,40)27-19-26(20-28(21-27)37(41,42)43)23-14-12-22(13-15-23)24-6-5-7-25(18-24)29-16-17-32(31-9-2-1-8-30(29)31)35-44-33-10-3-4-11-34(33)45-35/h1-21H. The lowest BCUT2D eigenvalue weighted by atomic mass is 9.92. The third-order valence-electron chi connectivity index (χ3n) is 7.76. The molecule has 0 atom stereocenters. The molecule has 0 bridgehead atoms. The minimum atomic E-state index is -4.92. The highest BCUT2D eigenvalue weighted by Gasteiger charge is 2.37. The third-order valence-corrected chi connectivity index (χ3v) is 7.76. The van der Waals surface area contributed by atoms with Gasteiger partial charge in [-0.05, 0) is 86.6 Å². The van der Waals surface area contributed by atoms with Crippen LogP contribution in [0, 0.1) is 0 Å². The zero-order valence-electron chi connectivity index (χ0n) is 23.2. The van der Waals surface area contributed by atoms with Gasteiger partial charge in [0.1, 0.15) is 5.52 Å². The van der Waals surface area contributed by atoms with Crippen LogP contribution in [0.25, 0.3) is 66.7 Å². The number of rotatable bonds is 4. The van der Waals surface area contributed by atoms with E-state index in [1.165, 1.54) is 12.1 Å². The Balaban J connectivity index is 1.25. The SMILES string of the molecule is FC(F)(F)c1cc(-c2ccc(-c3cccc(-c4ccc(-c5nc6ccccc6o5)c5ccccc45)c3)cc2)cc(C(F)(F)F)c1. The van der Waals surface area contributed by atoms with Crippen molar-refractivity contribution in [1.29, 1.82) is 0 Å². The van der Waals surface area contributed by atoms with Gasteiger partial charge in [-0.15, -0.1) is 0 Å². The Morgan fingerprint density at radius 2 is 1.00 bits per heavy atom. The minimum Gasteiger partial charge on any atom is -0.436 e. The number of alkyl halides is 6. The summed E-state index contributed by atoms with van der Waals surface area (Å²) in [5.41, 5.74) is 3.23. The number of nitrogens with zero attached hydrogens (tertiary/aromatic N) is 1. The van der Waals surface area contributed by atoms with E-state index >= 15 is 0 Å². The molecule has 45 heavy (non-hydrogen) atoms. The third kappa shape index (κ3) is 5.44. The molecule has 0 radical (unpaired) electrons. The van der Waals surface area contributed by atoms with Crippen molar-refractivity contribution in [2.45, 2.75) is 12.4 Å². The lowest BCUT2D eigenvalue weighted by molar-refractivity contribution is -0.143. The van der Waals surface area contributed by atoms with E-state index in [4.69, 9.17) is 4.42 Å². The number of hydrogen-bond acceptors (Lipinski definition) is 2. The second-order valence-electron chi connectivity index (χ2n) is 10.6. The molecule has 0 aliphatic heterocycles. The maximum absolute atomic E-state index is 13.4. The normalized spacial score (nSPS) is 12.2. The maximum Gasteiger partial charge on any atom is 0.416 e. The Labute approximate surface area is 253 Å². The van der Waals surface area contributed by atoms with Gasteiger partial charge in [0, 0.05) is 5.56 Å². The van der Waals surface area contributed by atoms with Gasteiger partial charge in [-0.3, -0.25) is 0 Å². The number of fused-ring (bicyclic) bond motifs is 2. The average molecular weight is 610 g/mol. The maximum atomic E-state index is 13.4. The van der Waals surface area contributed by atoms with E-state index < -0.39 is 23.5 Å². The van der Waals surface area contributed by atoms with Gasteiger partial charge in [0.15, 0.2) is 5.58 Å². The fourth-order valence-corrected chi connectivity index (χ4v) is 5.57. The fourth-order valence-electron chi connectivity index (χ4n) is 5.57. The summed E-state index contributed by atoms with van der Waals surface area (Å²) in [6, 6.07) is 35.4. The van der Waals surface area contributed by atoms with E-state index in [9.17, 15) is 26.3 Å². The van der Waals surface area contributed by atoms with Crippen LogP contribution in [-0.4, -0.2) is 4.98 Å². The Kier molecular flexibility index (Phi) is 6.73. The van der Waals surface area contributed by atoms with E-state index in [0.29, 0.717) is 11.5 Å². The molecule has 0 saturated heterocycles. The van der Waals surface area contributed by atoms with E-state index in [-0.39, 0.29) is 17.2 Å². The van der Waals surface area contributed by atoms with Crippen LogP contribution in [0.5, 0.6) is 0 Å². The largest absolute Gasteiger partial charge is 0.436 e. The van der Waals surface area contributed by atoms with Crippen LogP contribution in [0.2, 0.25) is 0 Å². The molecule has 1 heterocycles. The van der Waals surface area contributed by atoms with Crippen molar-refractivity contribution in [3.05, 3.63) is 139 Å². The van der Waals surface area contributed by atoms with E-state index in [0.717, 1.165) is 56.2 Å². The highest BCUT2D eigenvalue weighted by molar-refractivity contribution is 6.04. The predicted molar refractivity (Wildman–Crippen MR) is 163 cm³/mol. The summed E-state index contributed by atoms with van der Waals surface area (Å²) in [4.78, 5) is 4.67.